The lowest BCUT2D eigenvalue weighted by atomic mass is 9.98. The molecule has 2 amide bonds. The molecule has 182 valence electrons. The second-order valence-corrected chi connectivity index (χ2v) is 8.35. The summed E-state index contributed by atoms with van der Waals surface area (Å²) in [4.78, 5) is 36.9. The number of carboxylic acid groups (broad SMARTS) is 1. The summed E-state index contributed by atoms with van der Waals surface area (Å²) in [6, 6.07) is 14.1. The average Bonchev–Trinajstić information content (AvgIpc) is 3.16. The minimum atomic E-state index is -1.15. The van der Waals surface area contributed by atoms with Crippen LogP contribution in [0.25, 0.3) is 11.1 Å². The Kier molecular flexibility index (Phi) is 9.04. The van der Waals surface area contributed by atoms with Crippen molar-refractivity contribution >= 4 is 18.0 Å². The van der Waals surface area contributed by atoms with Crippen molar-refractivity contribution in [3.05, 3.63) is 59.7 Å². The summed E-state index contributed by atoms with van der Waals surface area (Å²) in [6.45, 7) is 2.30. The fraction of sp³-hybridized carbons (Fsp3) is 0.423. The number of amides is 2. The Morgan fingerprint density at radius 2 is 1.56 bits per heavy atom. The van der Waals surface area contributed by atoms with E-state index in [-0.39, 0.29) is 25.6 Å². The molecule has 0 saturated heterocycles. The highest BCUT2D eigenvalue weighted by Crippen LogP contribution is 2.44. The van der Waals surface area contributed by atoms with E-state index in [4.69, 9.17) is 9.47 Å². The van der Waals surface area contributed by atoms with Crippen molar-refractivity contribution in [3.63, 3.8) is 0 Å². The van der Waals surface area contributed by atoms with Gasteiger partial charge in [0.2, 0.25) is 5.91 Å². The van der Waals surface area contributed by atoms with Crippen molar-refractivity contribution in [2.45, 2.75) is 50.6 Å². The van der Waals surface area contributed by atoms with Gasteiger partial charge in [-0.05, 0) is 28.7 Å². The quantitative estimate of drug-likeness (QED) is 0.438. The SMILES string of the molecule is CCCCC(NC(=O)OCC1c2ccccc2-c2ccccc21)C(=O)NC(CCOC)C(=O)O. The molecule has 3 N–H and O–H groups in total. The van der Waals surface area contributed by atoms with E-state index in [9.17, 15) is 19.5 Å². The van der Waals surface area contributed by atoms with Gasteiger partial charge < -0.3 is 25.2 Å². The van der Waals surface area contributed by atoms with Crippen molar-refractivity contribution in [1.29, 1.82) is 0 Å². The Bertz CT molecular complexity index is 963. The topological polar surface area (TPSA) is 114 Å². The molecule has 0 heterocycles. The summed E-state index contributed by atoms with van der Waals surface area (Å²) in [5.41, 5.74) is 4.45. The lowest BCUT2D eigenvalue weighted by Crippen LogP contribution is -2.52. The summed E-state index contributed by atoms with van der Waals surface area (Å²) < 4.78 is 10.5. The van der Waals surface area contributed by atoms with Gasteiger partial charge >= 0.3 is 12.1 Å². The predicted molar refractivity (Wildman–Crippen MR) is 128 cm³/mol. The van der Waals surface area contributed by atoms with Crippen molar-refractivity contribution in [3.8, 4) is 11.1 Å². The van der Waals surface area contributed by atoms with Gasteiger partial charge in [0.15, 0.2) is 0 Å². The molecule has 0 aromatic heterocycles. The van der Waals surface area contributed by atoms with E-state index < -0.39 is 30.1 Å². The van der Waals surface area contributed by atoms with Gasteiger partial charge in [-0.3, -0.25) is 4.79 Å². The number of hydrogen-bond donors (Lipinski definition) is 3. The van der Waals surface area contributed by atoms with Gasteiger partial charge in [-0.2, -0.15) is 0 Å². The van der Waals surface area contributed by atoms with Gasteiger partial charge in [0.05, 0.1) is 0 Å². The van der Waals surface area contributed by atoms with Crippen LogP contribution in [0, 0.1) is 0 Å². The van der Waals surface area contributed by atoms with Gasteiger partial charge in [0.1, 0.15) is 18.7 Å². The molecule has 2 aromatic rings. The third-order valence-corrected chi connectivity index (χ3v) is 6.02. The van der Waals surface area contributed by atoms with Crippen molar-refractivity contribution in [1.82, 2.24) is 10.6 Å². The van der Waals surface area contributed by atoms with Crippen LogP contribution in [-0.2, 0) is 19.1 Å². The molecule has 34 heavy (non-hydrogen) atoms. The maximum absolute atomic E-state index is 12.8. The van der Waals surface area contributed by atoms with E-state index in [0.717, 1.165) is 28.7 Å². The first-order chi connectivity index (χ1) is 16.5. The Labute approximate surface area is 199 Å². The smallest absolute Gasteiger partial charge is 0.407 e. The highest BCUT2D eigenvalue weighted by Gasteiger charge is 2.30. The van der Waals surface area contributed by atoms with Crippen molar-refractivity contribution in [2.24, 2.45) is 0 Å². The molecule has 0 fully saturated rings. The average molecular weight is 469 g/mol. The summed E-state index contributed by atoms with van der Waals surface area (Å²) in [6.07, 6.45) is 1.31. The molecule has 8 nitrogen and oxygen atoms in total. The zero-order valence-electron chi connectivity index (χ0n) is 19.6. The van der Waals surface area contributed by atoms with Crippen LogP contribution in [0.1, 0.15) is 49.7 Å². The first kappa shape index (κ1) is 25.2. The molecular formula is C26H32N2O6. The highest BCUT2D eigenvalue weighted by atomic mass is 16.5. The van der Waals surface area contributed by atoms with E-state index in [2.05, 4.69) is 22.8 Å². The maximum Gasteiger partial charge on any atom is 0.407 e. The highest BCUT2D eigenvalue weighted by molar-refractivity contribution is 5.89. The number of rotatable bonds is 12. The Hall–Kier alpha value is -3.39. The van der Waals surface area contributed by atoms with Crippen LogP contribution in [0.2, 0.25) is 0 Å². The number of carbonyl (C=O) groups is 3. The molecule has 0 aliphatic heterocycles. The number of carboxylic acids is 1. The summed E-state index contributed by atoms with van der Waals surface area (Å²) >= 11 is 0. The molecule has 2 aromatic carbocycles. The molecule has 3 rings (SSSR count). The molecule has 0 spiro atoms. The minimum absolute atomic E-state index is 0.0912. The fourth-order valence-corrected chi connectivity index (χ4v) is 4.22. The largest absolute Gasteiger partial charge is 0.480 e. The van der Waals surface area contributed by atoms with E-state index >= 15 is 0 Å². The van der Waals surface area contributed by atoms with E-state index in [1.807, 2.05) is 43.3 Å². The van der Waals surface area contributed by atoms with Crippen LogP contribution in [0.4, 0.5) is 4.79 Å². The number of nitrogens with one attached hydrogen (secondary N) is 2. The van der Waals surface area contributed by atoms with Gasteiger partial charge in [-0.15, -0.1) is 0 Å². The van der Waals surface area contributed by atoms with Gasteiger partial charge in [-0.1, -0.05) is 68.3 Å². The van der Waals surface area contributed by atoms with Crippen LogP contribution in [0.5, 0.6) is 0 Å². The second kappa shape index (κ2) is 12.2. The summed E-state index contributed by atoms with van der Waals surface area (Å²) in [5, 5.41) is 14.5. The monoisotopic (exact) mass is 468 g/mol. The zero-order chi connectivity index (χ0) is 24.5. The van der Waals surface area contributed by atoms with Crippen LogP contribution in [0.15, 0.2) is 48.5 Å². The van der Waals surface area contributed by atoms with Crippen LogP contribution < -0.4 is 10.6 Å². The number of hydrogen-bond acceptors (Lipinski definition) is 5. The van der Waals surface area contributed by atoms with Crippen molar-refractivity contribution < 1.29 is 29.0 Å². The predicted octanol–water partition coefficient (Wildman–Crippen LogP) is 3.69. The van der Waals surface area contributed by atoms with Crippen molar-refractivity contribution in [2.75, 3.05) is 20.3 Å². The fourth-order valence-electron chi connectivity index (χ4n) is 4.22. The lowest BCUT2D eigenvalue weighted by molar-refractivity contribution is -0.142. The summed E-state index contributed by atoms with van der Waals surface area (Å²) in [5.74, 6) is -1.79. The molecule has 0 saturated carbocycles. The number of benzene rings is 2. The third-order valence-electron chi connectivity index (χ3n) is 6.02. The first-order valence-corrected chi connectivity index (χ1v) is 11.6. The summed E-state index contributed by atoms with van der Waals surface area (Å²) in [7, 11) is 1.46. The number of unbranched alkanes of at least 4 members (excludes halogenated alkanes) is 1. The number of aliphatic carboxylic acids is 1. The molecule has 2 atom stereocenters. The number of methoxy groups -OCH3 is 1. The minimum Gasteiger partial charge on any atom is -0.480 e. The molecule has 1 aliphatic rings. The molecule has 8 heteroatoms. The first-order valence-electron chi connectivity index (χ1n) is 11.6. The zero-order valence-corrected chi connectivity index (χ0v) is 19.6. The Morgan fingerprint density at radius 1 is 0.941 bits per heavy atom. The number of fused-ring (bicyclic) bond motifs is 3. The second-order valence-electron chi connectivity index (χ2n) is 8.35. The number of ether oxygens (including phenoxy) is 2. The molecule has 2 unspecified atom stereocenters. The number of carbonyl (C=O) groups excluding carboxylic acids is 2. The number of alkyl carbamates (subject to hydrolysis) is 1. The molecule has 0 radical (unpaired) electrons. The molecular weight excluding hydrogens is 436 g/mol. The molecule has 0 bridgehead atoms. The van der Waals surface area contributed by atoms with Gasteiger partial charge in [-0.25, -0.2) is 9.59 Å². The van der Waals surface area contributed by atoms with Crippen LogP contribution in [0.3, 0.4) is 0 Å². The third kappa shape index (κ3) is 6.14. The Morgan fingerprint density at radius 3 is 2.12 bits per heavy atom. The Balaban J connectivity index is 1.64. The van der Waals surface area contributed by atoms with Gasteiger partial charge in [0, 0.05) is 26.1 Å². The van der Waals surface area contributed by atoms with E-state index in [1.165, 1.54) is 7.11 Å². The maximum atomic E-state index is 12.8. The van der Waals surface area contributed by atoms with Crippen LogP contribution in [-0.4, -0.2) is 55.5 Å². The van der Waals surface area contributed by atoms with Gasteiger partial charge in [0.25, 0.3) is 0 Å². The standard InChI is InChI=1S/C26H32N2O6/c1-3-4-13-22(24(29)27-23(25(30)31)14-15-33-2)28-26(32)34-16-21-19-11-7-5-9-17(19)18-10-6-8-12-20(18)21/h5-12,21-23H,3-4,13-16H2,1-2H3,(H,27,29)(H,28,32)(H,30,31). The molecule has 1 aliphatic carbocycles. The van der Waals surface area contributed by atoms with E-state index in [1.54, 1.807) is 0 Å². The van der Waals surface area contributed by atoms with Crippen LogP contribution >= 0.6 is 0 Å². The van der Waals surface area contributed by atoms with E-state index in [0.29, 0.717) is 12.8 Å². The normalized spacial score (nSPS) is 13.9. The lowest BCUT2D eigenvalue weighted by Gasteiger charge is -2.22.